The molecule has 1 aromatic carbocycles. The molecule has 25 heavy (non-hydrogen) atoms. The summed E-state index contributed by atoms with van der Waals surface area (Å²) in [6.07, 6.45) is 1.87. The predicted molar refractivity (Wildman–Crippen MR) is 88.4 cm³/mol. The number of hydrogen-bond donors (Lipinski definition) is 1. The summed E-state index contributed by atoms with van der Waals surface area (Å²) < 4.78 is 10.3. The molecule has 2 atom stereocenters. The van der Waals surface area contributed by atoms with Gasteiger partial charge in [-0.05, 0) is 36.1 Å². The van der Waals surface area contributed by atoms with Crippen LogP contribution in [0.5, 0.6) is 0 Å². The highest BCUT2D eigenvalue weighted by Crippen LogP contribution is 2.36. The summed E-state index contributed by atoms with van der Waals surface area (Å²) in [4.78, 5) is 12.9. The molecule has 0 bridgehead atoms. The maximum Gasteiger partial charge on any atom is 0.335 e. The van der Waals surface area contributed by atoms with Crippen molar-refractivity contribution in [3.05, 3.63) is 41.2 Å². The zero-order valence-electron chi connectivity index (χ0n) is 14.4. The molecular weight excluding hydrogens is 324 g/mol. The summed E-state index contributed by atoms with van der Waals surface area (Å²) in [5.41, 5.74) is 1.06. The number of nitrogens with zero attached hydrogens (tertiary/aromatic N) is 4. The lowest BCUT2D eigenvalue weighted by Gasteiger charge is -2.22. The second kappa shape index (κ2) is 7.28. The minimum absolute atomic E-state index is 0.0532. The minimum Gasteiger partial charge on any atom is -0.479 e. The number of ether oxygens (including phenoxy) is 2. The molecule has 8 nitrogen and oxygen atoms in total. The van der Waals surface area contributed by atoms with E-state index in [2.05, 4.69) is 27.5 Å². The van der Waals surface area contributed by atoms with E-state index < -0.39 is 11.5 Å². The fourth-order valence-corrected chi connectivity index (χ4v) is 3.02. The first-order valence-electron chi connectivity index (χ1n) is 8.24. The third kappa shape index (κ3) is 3.40. The zero-order valence-corrected chi connectivity index (χ0v) is 14.4. The van der Waals surface area contributed by atoms with Gasteiger partial charge >= 0.3 is 5.97 Å². The molecule has 0 spiro atoms. The third-order valence-electron chi connectivity index (χ3n) is 4.59. The Morgan fingerprint density at radius 1 is 1.40 bits per heavy atom. The van der Waals surface area contributed by atoms with E-state index in [-0.39, 0.29) is 12.5 Å². The summed E-state index contributed by atoms with van der Waals surface area (Å²) in [6.45, 7) is 2.15. The van der Waals surface area contributed by atoms with Crippen molar-refractivity contribution in [2.45, 2.75) is 31.2 Å². The molecule has 3 rings (SSSR count). The van der Waals surface area contributed by atoms with E-state index in [0.29, 0.717) is 19.0 Å². The van der Waals surface area contributed by atoms with E-state index in [1.807, 2.05) is 12.1 Å². The van der Waals surface area contributed by atoms with Crippen molar-refractivity contribution in [1.29, 1.82) is 0 Å². The van der Waals surface area contributed by atoms with Gasteiger partial charge in [-0.15, -0.1) is 15.0 Å². The second-order valence-corrected chi connectivity index (χ2v) is 6.35. The average Bonchev–Trinajstić information content (AvgIpc) is 3.25. The van der Waals surface area contributed by atoms with Gasteiger partial charge < -0.3 is 14.6 Å². The molecule has 1 N–H and O–H groups in total. The van der Waals surface area contributed by atoms with E-state index in [9.17, 15) is 9.90 Å². The van der Waals surface area contributed by atoms with Crippen LogP contribution in [-0.4, -0.2) is 58.2 Å². The van der Waals surface area contributed by atoms with E-state index in [0.717, 1.165) is 17.6 Å². The molecule has 2 aromatic rings. The van der Waals surface area contributed by atoms with E-state index in [4.69, 9.17) is 9.47 Å². The lowest BCUT2D eigenvalue weighted by Crippen LogP contribution is -2.45. The van der Waals surface area contributed by atoms with Gasteiger partial charge in [0.15, 0.2) is 5.82 Å². The molecule has 1 aliphatic carbocycles. The average molecular weight is 346 g/mol. The monoisotopic (exact) mass is 346 g/mol. The molecule has 0 fully saturated rings. The van der Waals surface area contributed by atoms with Crippen LogP contribution in [0.1, 0.15) is 36.2 Å². The van der Waals surface area contributed by atoms with Crippen LogP contribution in [0.15, 0.2) is 24.3 Å². The Bertz CT molecular complexity index is 748. The molecule has 1 aromatic heterocycles. The molecule has 0 amide bonds. The van der Waals surface area contributed by atoms with Crippen molar-refractivity contribution in [2.24, 2.45) is 0 Å². The van der Waals surface area contributed by atoms with Gasteiger partial charge in [0.1, 0.15) is 0 Å². The summed E-state index contributed by atoms with van der Waals surface area (Å²) in [5.74, 6) is -0.465. The number of aliphatic carboxylic acids is 1. The van der Waals surface area contributed by atoms with Crippen molar-refractivity contribution >= 4 is 5.97 Å². The number of rotatable bonds is 8. The Labute approximate surface area is 145 Å². The highest BCUT2D eigenvalue weighted by Gasteiger charge is 2.40. The number of aryl methyl sites for hydroxylation is 1. The number of aromatic nitrogens is 4. The van der Waals surface area contributed by atoms with E-state index >= 15 is 0 Å². The highest BCUT2D eigenvalue weighted by molar-refractivity contribution is 5.76. The number of fused-ring (bicyclic) bond motifs is 1. The summed E-state index contributed by atoms with van der Waals surface area (Å²) in [5, 5.41) is 22.2. The van der Waals surface area contributed by atoms with Crippen LogP contribution < -0.4 is 0 Å². The largest absolute Gasteiger partial charge is 0.479 e. The van der Waals surface area contributed by atoms with Crippen molar-refractivity contribution in [3.63, 3.8) is 0 Å². The number of tetrazole rings is 1. The number of carboxylic acid groups (broad SMARTS) is 1. The maximum atomic E-state index is 11.8. The fourth-order valence-electron chi connectivity index (χ4n) is 3.02. The summed E-state index contributed by atoms with van der Waals surface area (Å²) >= 11 is 0. The topological polar surface area (TPSA) is 99.4 Å². The standard InChI is InChI=1S/C17H22N4O4/c1-17(16(22)23,11-25-10-9-24-2)21-19-15(18-20-21)14-8-7-12-5-3-4-6-13(12)14/h3-6,14H,7-11H2,1-2H3,(H,22,23). The smallest absolute Gasteiger partial charge is 0.335 e. The minimum atomic E-state index is -1.42. The van der Waals surface area contributed by atoms with Crippen molar-refractivity contribution in [3.8, 4) is 0 Å². The zero-order chi connectivity index (χ0) is 17.9. The molecule has 0 radical (unpaired) electrons. The Morgan fingerprint density at radius 2 is 2.20 bits per heavy atom. The summed E-state index contributed by atoms with van der Waals surface area (Å²) in [7, 11) is 1.56. The van der Waals surface area contributed by atoms with Crippen LogP contribution in [0.3, 0.4) is 0 Å². The Balaban J connectivity index is 1.80. The van der Waals surface area contributed by atoms with Crippen LogP contribution in [0, 0.1) is 0 Å². The lowest BCUT2D eigenvalue weighted by molar-refractivity contribution is -0.152. The molecule has 2 unspecified atom stereocenters. The summed E-state index contributed by atoms with van der Waals surface area (Å²) in [6, 6.07) is 8.18. The fraction of sp³-hybridized carbons (Fsp3) is 0.529. The number of carbonyl (C=O) groups is 1. The molecule has 8 heteroatoms. The number of carboxylic acids is 1. The third-order valence-corrected chi connectivity index (χ3v) is 4.59. The number of methoxy groups -OCH3 is 1. The molecule has 0 saturated heterocycles. The van der Waals surface area contributed by atoms with Crippen LogP contribution in [0.25, 0.3) is 0 Å². The Morgan fingerprint density at radius 3 is 2.96 bits per heavy atom. The molecule has 1 heterocycles. The van der Waals surface area contributed by atoms with Crippen molar-refractivity contribution in [2.75, 3.05) is 26.9 Å². The first-order chi connectivity index (χ1) is 12.1. The molecule has 0 aliphatic heterocycles. The van der Waals surface area contributed by atoms with Gasteiger partial charge in [-0.2, -0.15) is 0 Å². The van der Waals surface area contributed by atoms with Gasteiger partial charge in [0.05, 0.1) is 19.8 Å². The van der Waals surface area contributed by atoms with Gasteiger partial charge in [-0.25, -0.2) is 4.79 Å². The molecule has 134 valence electrons. The number of benzene rings is 1. The van der Waals surface area contributed by atoms with Crippen molar-refractivity contribution in [1.82, 2.24) is 20.2 Å². The normalized spacial score (nSPS) is 18.7. The second-order valence-electron chi connectivity index (χ2n) is 6.35. The van der Waals surface area contributed by atoms with Gasteiger partial charge in [-0.1, -0.05) is 24.3 Å². The molecule has 1 aliphatic rings. The first kappa shape index (κ1) is 17.5. The van der Waals surface area contributed by atoms with Crippen LogP contribution in [0.2, 0.25) is 0 Å². The molecular formula is C17H22N4O4. The van der Waals surface area contributed by atoms with E-state index in [1.165, 1.54) is 18.1 Å². The van der Waals surface area contributed by atoms with Gasteiger partial charge in [0.25, 0.3) is 0 Å². The predicted octanol–water partition coefficient (Wildman–Crippen LogP) is 1.21. The maximum absolute atomic E-state index is 11.8. The first-order valence-corrected chi connectivity index (χ1v) is 8.24. The Hall–Kier alpha value is -2.32. The Kier molecular flexibility index (Phi) is 5.10. The van der Waals surface area contributed by atoms with Crippen LogP contribution >= 0.6 is 0 Å². The van der Waals surface area contributed by atoms with Gasteiger partial charge in [-0.3, -0.25) is 0 Å². The van der Waals surface area contributed by atoms with E-state index in [1.54, 1.807) is 7.11 Å². The molecule has 0 saturated carbocycles. The number of hydrogen-bond acceptors (Lipinski definition) is 6. The van der Waals surface area contributed by atoms with Crippen molar-refractivity contribution < 1.29 is 19.4 Å². The SMILES string of the molecule is COCCOCC(C)(C(=O)O)n1nnc(C2CCc3ccccc32)n1. The highest BCUT2D eigenvalue weighted by atomic mass is 16.5. The lowest BCUT2D eigenvalue weighted by atomic mass is 10.0. The van der Waals surface area contributed by atoms with Crippen LogP contribution in [0.4, 0.5) is 0 Å². The quantitative estimate of drug-likeness (QED) is 0.717. The van der Waals surface area contributed by atoms with Gasteiger partial charge in [0, 0.05) is 13.0 Å². The van der Waals surface area contributed by atoms with Crippen LogP contribution in [-0.2, 0) is 26.2 Å². The van der Waals surface area contributed by atoms with Gasteiger partial charge in [0.2, 0.25) is 5.54 Å².